The fourth-order valence-corrected chi connectivity index (χ4v) is 3.91. The predicted octanol–water partition coefficient (Wildman–Crippen LogP) is 4.16. The van der Waals surface area contributed by atoms with Crippen LogP contribution >= 0.6 is 23.1 Å². The third-order valence-corrected chi connectivity index (χ3v) is 5.16. The van der Waals surface area contributed by atoms with Crippen LogP contribution in [0.5, 0.6) is 0 Å². The van der Waals surface area contributed by atoms with Gasteiger partial charge in [0.25, 0.3) is 0 Å². The lowest BCUT2D eigenvalue weighted by Gasteiger charge is -2.27. The van der Waals surface area contributed by atoms with Crippen molar-refractivity contribution in [2.45, 2.75) is 41.3 Å². The second kappa shape index (κ2) is 5.94. The highest BCUT2D eigenvalue weighted by atomic mass is 32.2. The number of aliphatic hydroxyl groups is 1. The van der Waals surface area contributed by atoms with Crippen LogP contribution < -0.4 is 0 Å². The number of rotatable bonds is 4. The van der Waals surface area contributed by atoms with Crippen molar-refractivity contribution in [1.29, 1.82) is 0 Å². The van der Waals surface area contributed by atoms with Crippen LogP contribution in [0.4, 0.5) is 13.2 Å². The minimum Gasteiger partial charge on any atom is -0.376 e. The number of alkyl halides is 3. The molecule has 114 valence electrons. The summed E-state index contributed by atoms with van der Waals surface area (Å²) in [5.74, 6) is 0. The zero-order chi connectivity index (χ0) is 15.7. The summed E-state index contributed by atoms with van der Waals surface area (Å²) >= 11 is 2.10. The maximum Gasteiger partial charge on any atom is 0.422 e. The quantitative estimate of drug-likeness (QED) is 0.912. The van der Waals surface area contributed by atoms with Crippen molar-refractivity contribution in [1.82, 2.24) is 9.97 Å². The Morgan fingerprint density at radius 1 is 1.33 bits per heavy atom. The van der Waals surface area contributed by atoms with Crippen LogP contribution in [0.25, 0.3) is 0 Å². The van der Waals surface area contributed by atoms with Crippen LogP contribution in [0, 0.1) is 6.92 Å². The molecule has 0 spiro atoms. The van der Waals surface area contributed by atoms with Gasteiger partial charge in [0.15, 0.2) is 9.94 Å². The second-order valence-corrected chi connectivity index (χ2v) is 6.79. The summed E-state index contributed by atoms with van der Waals surface area (Å²) in [6.07, 6.45) is -2.44. The molecule has 0 bridgehead atoms. The molecule has 0 fully saturated rings. The van der Waals surface area contributed by atoms with E-state index in [0.29, 0.717) is 4.34 Å². The first-order chi connectivity index (χ1) is 9.76. The third-order valence-electron chi connectivity index (χ3n) is 2.95. The van der Waals surface area contributed by atoms with Crippen LogP contribution in [0.15, 0.2) is 33.8 Å². The minimum atomic E-state index is -4.72. The van der Waals surface area contributed by atoms with Gasteiger partial charge in [-0.1, -0.05) is 18.7 Å². The Balaban J connectivity index is 2.26. The molecular weight excluding hydrogens is 321 g/mol. The van der Waals surface area contributed by atoms with Gasteiger partial charge in [-0.3, -0.25) is 4.98 Å². The van der Waals surface area contributed by atoms with E-state index in [4.69, 9.17) is 0 Å². The molecule has 3 nitrogen and oxygen atoms in total. The Labute approximate surface area is 128 Å². The van der Waals surface area contributed by atoms with Crippen LogP contribution in [-0.2, 0) is 5.60 Å². The van der Waals surface area contributed by atoms with Gasteiger partial charge in [-0.15, -0.1) is 11.3 Å². The first-order valence-corrected chi connectivity index (χ1v) is 7.75. The highest BCUT2D eigenvalue weighted by Crippen LogP contribution is 2.45. The number of aromatic nitrogens is 2. The van der Waals surface area contributed by atoms with Gasteiger partial charge in [0, 0.05) is 23.0 Å². The molecule has 0 saturated heterocycles. The number of aryl methyl sites for hydroxylation is 1. The Hall–Kier alpha value is -1.12. The number of thiazole rings is 1. The zero-order valence-electron chi connectivity index (χ0n) is 11.3. The Morgan fingerprint density at radius 3 is 2.62 bits per heavy atom. The SMILES string of the molecule is CCC(O)(c1cnc(Sc2ccnc(C)c2)s1)C(F)(F)F. The van der Waals surface area contributed by atoms with Gasteiger partial charge in [0.2, 0.25) is 0 Å². The maximum absolute atomic E-state index is 13.0. The van der Waals surface area contributed by atoms with Crippen LogP contribution in [0.3, 0.4) is 0 Å². The van der Waals surface area contributed by atoms with Gasteiger partial charge in [-0.05, 0) is 25.5 Å². The standard InChI is InChI=1S/C13H13F3N2OS2/c1-3-12(19,13(14,15)16)10-7-18-11(21-10)20-9-4-5-17-8(2)6-9/h4-7,19H,3H2,1-2H3. The van der Waals surface area contributed by atoms with Crippen molar-refractivity contribution in [3.05, 3.63) is 35.1 Å². The monoisotopic (exact) mass is 334 g/mol. The van der Waals surface area contributed by atoms with E-state index in [1.807, 2.05) is 13.0 Å². The summed E-state index contributed by atoms with van der Waals surface area (Å²) in [6.45, 7) is 3.13. The molecule has 0 amide bonds. The van der Waals surface area contributed by atoms with Gasteiger partial charge < -0.3 is 5.11 Å². The van der Waals surface area contributed by atoms with E-state index < -0.39 is 18.2 Å². The van der Waals surface area contributed by atoms with Crippen molar-refractivity contribution in [2.75, 3.05) is 0 Å². The molecule has 0 saturated carbocycles. The topological polar surface area (TPSA) is 46.0 Å². The molecule has 2 heterocycles. The molecule has 1 unspecified atom stereocenters. The lowest BCUT2D eigenvalue weighted by molar-refractivity contribution is -0.266. The summed E-state index contributed by atoms with van der Waals surface area (Å²) in [5, 5.41) is 9.88. The van der Waals surface area contributed by atoms with Gasteiger partial charge in [-0.25, -0.2) is 4.98 Å². The van der Waals surface area contributed by atoms with E-state index in [2.05, 4.69) is 9.97 Å². The van der Waals surface area contributed by atoms with E-state index >= 15 is 0 Å². The van der Waals surface area contributed by atoms with E-state index in [0.717, 1.165) is 28.1 Å². The van der Waals surface area contributed by atoms with Crippen molar-refractivity contribution >= 4 is 23.1 Å². The van der Waals surface area contributed by atoms with Crippen molar-refractivity contribution < 1.29 is 18.3 Å². The summed E-state index contributed by atoms with van der Waals surface area (Å²) in [5.41, 5.74) is -2.02. The number of nitrogens with zero attached hydrogens (tertiary/aromatic N) is 2. The van der Waals surface area contributed by atoms with E-state index in [1.54, 1.807) is 12.3 Å². The average molecular weight is 334 g/mol. The molecular formula is C13H13F3N2OS2. The van der Waals surface area contributed by atoms with E-state index in [9.17, 15) is 18.3 Å². The van der Waals surface area contributed by atoms with Gasteiger partial charge >= 0.3 is 6.18 Å². The predicted molar refractivity (Wildman–Crippen MR) is 75.5 cm³/mol. The van der Waals surface area contributed by atoms with Gasteiger partial charge in [0.05, 0.1) is 4.88 Å². The molecule has 0 aliphatic rings. The maximum atomic E-state index is 13.0. The summed E-state index contributed by atoms with van der Waals surface area (Å²) in [6, 6.07) is 3.58. The Bertz CT molecular complexity index is 630. The van der Waals surface area contributed by atoms with Crippen LogP contribution in [0.1, 0.15) is 23.9 Å². The lowest BCUT2D eigenvalue weighted by Crippen LogP contribution is -2.40. The fourth-order valence-electron chi connectivity index (χ4n) is 1.69. The van der Waals surface area contributed by atoms with Gasteiger partial charge in [-0.2, -0.15) is 13.2 Å². The number of hydrogen-bond acceptors (Lipinski definition) is 5. The average Bonchev–Trinajstić information content (AvgIpc) is 2.85. The highest BCUT2D eigenvalue weighted by molar-refractivity contribution is 8.01. The highest BCUT2D eigenvalue weighted by Gasteiger charge is 2.54. The molecule has 1 N–H and O–H groups in total. The Kier molecular flexibility index (Phi) is 4.60. The van der Waals surface area contributed by atoms with Crippen LogP contribution in [-0.4, -0.2) is 21.3 Å². The second-order valence-electron chi connectivity index (χ2n) is 4.44. The molecule has 2 aromatic heterocycles. The Morgan fingerprint density at radius 2 is 2.05 bits per heavy atom. The fraction of sp³-hybridized carbons (Fsp3) is 0.385. The van der Waals surface area contributed by atoms with E-state index in [-0.39, 0.29) is 4.88 Å². The minimum absolute atomic E-state index is 0.189. The van der Waals surface area contributed by atoms with E-state index in [1.165, 1.54) is 18.7 Å². The number of pyridine rings is 1. The van der Waals surface area contributed by atoms with Crippen molar-refractivity contribution in [3.8, 4) is 0 Å². The zero-order valence-corrected chi connectivity index (χ0v) is 12.9. The molecule has 0 aliphatic carbocycles. The summed E-state index contributed by atoms with van der Waals surface area (Å²) in [7, 11) is 0. The first-order valence-electron chi connectivity index (χ1n) is 6.12. The summed E-state index contributed by atoms with van der Waals surface area (Å²) < 4.78 is 39.4. The van der Waals surface area contributed by atoms with Crippen molar-refractivity contribution in [2.24, 2.45) is 0 Å². The number of hydrogen-bond donors (Lipinski definition) is 1. The van der Waals surface area contributed by atoms with Crippen LogP contribution in [0.2, 0.25) is 0 Å². The molecule has 0 radical (unpaired) electrons. The lowest BCUT2D eigenvalue weighted by atomic mass is 9.99. The summed E-state index contributed by atoms with van der Waals surface area (Å²) in [4.78, 5) is 8.68. The molecule has 0 aromatic carbocycles. The van der Waals surface area contributed by atoms with Crippen molar-refractivity contribution in [3.63, 3.8) is 0 Å². The number of halogens is 3. The molecule has 1 atom stereocenters. The molecule has 2 aromatic rings. The first kappa shape index (κ1) is 16.3. The van der Waals surface area contributed by atoms with Gasteiger partial charge in [0.1, 0.15) is 0 Å². The largest absolute Gasteiger partial charge is 0.422 e. The normalized spacial score (nSPS) is 15.0. The molecule has 0 aliphatic heterocycles. The third kappa shape index (κ3) is 3.38. The molecule has 8 heteroatoms. The molecule has 21 heavy (non-hydrogen) atoms. The molecule has 2 rings (SSSR count). The smallest absolute Gasteiger partial charge is 0.376 e.